The van der Waals surface area contributed by atoms with Gasteiger partial charge in [0, 0.05) is 22.1 Å². The number of hydrogen-bond donors (Lipinski definition) is 0. The fourth-order valence-electron chi connectivity index (χ4n) is 0.795. The van der Waals surface area contributed by atoms with Gasteiger partial charge >= 0.3 is 5.97 Å². The summed E-state index contributed by atoms with van der Waals surface area (Å²) in [5, 5.41) is -0.145. The molecule has 0 N–H and O–H groups in total. The molecular formula is C9H7ClO3S. The number of carbonyl (C=O) groups excluding carboxylic acids is 2. The molecule has 0 spiro atoms. The van der Waals surface area contributed by atoms with Crippen LogP contribution >= 0.6 is 23.4 Å². The minimum absolute atomic E-state index is 0.0368. The summed E-state index contributed by atoms with van der Waals surface area (Å²) >= 11 is 6.44. The Balaban J connectivity index is 2.57. The Morgan fingerprint density at radius 2 is 2.43 bits per heavy atom. The summed E-state index contributed by atoms with van der Waals surface area (Å²) in [7, 11) is 0. The van der Waals surface area contributed by atoms with Crippen LogP contribution in [-0.2, 0) is 14.3 Å². The smallest absolute Gasteiger partial charge is 0.330 e. The van der Waals surface area contributed by atoms with Crippen molar-refractivity contribution < 1.29 is 14.3 Å². The fourth-order valence-corrected chi connectivity index (χ4v) is 1.70. The van der Waals surface area contributed by atoms with Crippen molar-refractivity contribution in [1.29, 1.82) is 0 Å². The van der Waals surface area contributed by atoms with Gasteiger partial charge in [0.2, 0.25) is 5.12 Å². The summed E-state index contributed by atoms with van der Waals surface area (Å²) in [5.41, 5.74) is 1.74. The van der Waals surface area contributed by atoms with Gasteiger partial charge in [0.05, 0.1) is 0 Å². The van der Waals surface area contributed by atoms with Crippen LogP contribution in [0.1, 0.15) is 0 Å². The molecule has 1 aliphatic rings. The lowest BCUT2D eigenvalue weighted by Gasteiger charge is -1.99. The second-order valence-electron chi connectivity index (χ2n) is 2.38. The van der Waals surface area contributed by atoms with Crippen LogP contribution in [0.2, 0.25) is 0 Å². The Bertz CT molecular complexity index is 344. The summed E-state index contributed by atoms with van der Waals surface area (Å²) in [6.07, 6.45) is 2.64. The van der Waals surface area contributed by atoms with E-state index in [4.69, 9.17) is 16.3 Å². The first kappa shape index (κ1) is 11.1. The first-order valence-corrected chi connectivity index (χ1v) is 4.95. The molecule has 3 nitrogen and oxygen atoms in total. The summed E-state index contributed by atoms with van der Waals surface area (Å²) in [6, 6.07) is 0. The number of hydrogen-bond acceptors (Lipinski definition) is 4. The molecule has 0 aromatic heterocycles. The molecule has 0 radical (unpaired) electrons. The van der Waals surface area contributed by atoms with E-state index in [0.717, 1.165) is 17.8 Å². The first-order chi connectivity index (χ1) is 6.67. The zero-order valence-corrected chi connectivity index (χ0v) is 8.73. The average Bonchev–Trinajstić information content (AvgIpc) is 2.55. The van der Waals surface area contributed by atoms with Crippen molar-refractivity contribution in [2.75, 3.05) is 6.61 Å². The van der Waals surface area contributed by atoms with Crippen molar-refractivity contribution in [3.05, 3.63) is 34.7 Å². The molecule has 1 aliphatic heterocycles. The number of thioether (sulfide) groups is 1. The number of halogens is 1. The predicted molar refractivity (Wildman–Crippen MR) is 55.8 cm³/mol. The monoisotopic (exact) mass is 230 g/mol. The van der Waals surface area contributed by atoms with Crippen LogP contribution in [0.3, 0.4) is 0 Å². The maximum atomic E-state index is 11.2. The molecule has 0 amide bonds. The summed E-state index contributed by atoms with van der Waals surface area (Å²) in [5.74, 6) is -0.549. The second kappa shape index (κ2) is 5.02. The highest BCUT2D eigenvalue weighted by molar-refractivity contribution is 8.18. The SMILES string of the molecule is C=CC(=O)OCC1=C/C(=C/Cl)SC1=O. The number of ether oxygens (including phenoxy) is 1. The standard InChI is InChI=1S/C9H7ClO3S/c1-2-8(11)13-5-6-3-7(4-10)14-9(6)12/h2-4H,1,5H2/b7-4-. The van der Waals surface area contributed by atoms with Crippen LogP contribution < -0.4 is 0 Å². The molecule has 0 unspecified atom stereocenters. The van der Waals surface area contributed by atoms with E-state index in [1.165, 1.54) is 5.54 Å². The third-order valence-corrected chi connectivity index (χ3v) is 2.72. The van der Waals surface area contributed by atoms with Crippen LogP contribution in [0.5, 0.6) is 0 Å². The molecule has 1 heterocycles. The van der Waals surface area contributed by atoms with E-state index >= 15 is 0 Å². The van der Waals surface area contributed by atoms with Gasteiger partial charge in [-0.3, -0.25) is 4.79 Å². The lowest BCUT2D eigenvalue weighted by Crippen LogP contribution is -2.06. The van der Waals surface area contributed by atoms with Crippen LogP contribution in [0, 0.1) is 0 Å². The number of allylic oxidation sites excluding steroid dienone is 1. The van der Waals surface area contributed by atoms with E-state index < -0.39 is 5.97 Å². The van der Waals surface area contributed by atoms with Gasteiger partial charge < -0.3 is 4.74 Å². The number of carbonyl (C=O) groups is 2. The van der Waals surface area contributed by atoms with E-state index in [1.54, 1.807) is 6.08 Å². The zero-order valence-electron chi connectivity index (χ0n) is 7.16. The van der Waals surface area contributed by atoms with Crippen molar-refractivity contribution in [1.82, 2.24) is 0 Å². The zero-order chi connectivity index (χ0) is 10.6. The number of rotatable bonds is 3. The molecule has 0 aliphatic carbocycles. The highest BCUT2D eigenvalue weighted by Crippen LogP contribution is 2.31. The molecule has 14 heavy (non-hydrogen) atoms. The van der Waals surface area contributed by atoms with Crippen molar-refractivity contribution in [2.24, 2.45) is 0 Å². The van der Waals surface area contributed by atoms with Gasteiger partial charge in [0.1, 0.15) is 6.61 Å². The maximum Gasteiger partial charge on any atom is 0.330 e. The van der Waals surface area contributed by atoms with Crippen LogP contribution in [0.25, 0.3) is 0 Å². The Kier molecular flexibility index (Phi) is 3.98. The topological polar surface area (TPSA) is 43.4 Å². The van der Waals surface area contributed by atoms with Crippen molar-refractivity contribution in [3.63, 3.8) is 0 Å². The molecule has 0 aromatic carbocycles. The molecule has 0 fully saturated rings. The van der Waals surface area contributed by atoms with E-state index in [2.05, 4.69) is 6.58 Å². The summed E-state index contributed by atoms with van der Waals surface area (Å²) in [6.45, 7) is 3.20. The molecule has 1 rings (SSSR count). The normalized spacial score (nSPS) is 18.2. The van der Waals surface area contributed by atoms with Gasteiger partial charge in [0.15, 0.2) is 0 Å². The molecule has 0 bridgehead atoms. The maximum absolute atomic E-state index is 11.2. The number of esters is 1. The van der Waals surface area contributed by atoms with Crippen LogP contribution in [0.4, 0.5) is 0 Å². The molecule has 0 saturated carbocycles. The Hall–Kier alpha value is -1.00. The minimum atomic E-state index is -0.549. The van der Waals surface area contributed by atoms with E-state index in [0.29, 0.717) is 10.5 Å². The van der Waals surface area contributed by atoms with Crippen LogP contribution in [-0.4, -0.2) is 17.7 Å². The Morgan fingerprint density at radius 1 is 1.71 bits per heavy atom. The third-order valence-electron chi connectivity index (χ3n) is 1.43. The summed E-state index contributed by atoms with van der Waals surface area (Å²) < 4.78 is 4.71. The predicted octanol–water partition coefficient (Wildman–Crippen LogP) is 2.00. The highest BCUT2D eigenvalue weighted by Gasteiger charge is 2.20. The average molecular weight is 231 g/mol. The quantitative estimate of drug-likeness (QED) is 0.550. The molecule has 74 valence electrons. The molecule has 0 atom stereocenters. The van der Waals surface area contributed by atoms with Gasteiger partial charge in [-0.05, 0) is 17.8 Å². The van der Waals surface area contributed by atoms with Gasteiger partial charge in [-0.2, -0.15) is 0 Å². The lowest BCUT2D eigenvalue weighted by molar-refractivity contribution is -0.136. The molecule has 0 aromatic rings. The van der Waals surface area contributed by atoms with E-state index in [9.17, 15) is 9.59 Å². The Labute approximate surface area is 90.4 Å². The van der Waals surface area contributed by atoms with E-state index in [1.807, 2.05) is 0 Å². The lowest BCUT2D eigenvalue weighted by atomic mass is 10.3. The molecular weight excluding hydrogens is 224 g/mol. The van der Waals surface area contributed by atoms with Crippen molar-refractivity contribution in [2.45, 2.75) is 0 Å². The van der Waals surface area contributed by atoms with Gasteiger partial charge in [-0.25, -0.2) is 4.79 Å². The third kappa shape index (κ3) is 2.75. The highest BCUT2D eigenvalue weighted by atomic mass is 35.5. The minimum Gasteiger partial charge on any atom is -0.457 e. The fraction of sp³-hybridized carbons (Fsp3) is 0.111. The molecule has 0 saturated heterocycles. The largest absolute Gasteiger partial charge is 0.457 e. The van der Waals surface area contributed by atoms with Gasteiger partial charge in [0.25, 0.3) is 0 Å². The van der Waals surface area contributed by atoms with Gasteiger partial charge in [-0.15, -0.1) is 0 Å². The van der Waals surface area contributed by atoms with Crippen LogP contribution in [0.15, 0.2) is 34.7 Å². The first-order valence-electron chi connectivity index (χ1n) is 3.69. The molecule has 5 heteroatoms. The van der Waals surface area contributed by atoms with Crippen molar-refractivity contribution >= 4 is 34.4 Å². The van der Waals surface area contributed by atoms with Crippen molar-refractivity contribution in [3.8, 4) is 0 Å². The van der Waals surface area contributed by atoms with Gasteiger partial charge in [-0.1, -0.05) is 18.2 Å². The second-order valence-corrected chi connectivity index (χ2v) is 3.65. The summed E-state index contributed by atoms with van der Waals surface area (Å²) in [4.78, 5) is 22.6. The Morgan fingerprint density at radius 3 is 2.93 bits per heavy atom. The van der Waals surface area contributed by atoms with E-state index in [-0.39, 0.29) is 11.7 Å².